The Morgan fingerprint density at radius 3 is 2.05 bits per heavy atom. The summed E-state index contributed by atoms with van der Waals surface area (Å²) in [4.78, 5) is 11.1. The van der Waals surface area contributed by atoms with Gasteiger partial charge in [-0.2, -0.15) is 22.0 Å². The van der Waals surface area contributed by atoms with Crippen LogP contribution in [0.3, 0.4) is 0 Å². The third-order valence-electron chi connectivity index (χ3n) is 2.29. The van der Waals surface area contributed by atoms with E-state index < -0.39 is 47.4 Å². The van der Waals surface area contributed by atoms with Crippen LogP contribution in [0.2, 0.25) is 0 Å². The van der Waals surface area contributed by atoms with E-state index in [2.05, 4.69) is 4.74 Å². The van der Waals surface area contributed by atoms with Crippen LogP contribution >= 0.6 is 0 Å². The predicted molar refractivity (Wildman–Crippen MR) is 53.0 cm³/mol. The summed E-state index contributed by atoms with van der Waals surface area (Å²) in [7, 11) is 0. The van der Waals surface area contributed by atoms with Crippen molar-refractivity contribution in [2.75, 3.05) is 0 Å². The lowest BCUT2D eigenvalue weighted by atomic mass is 10.0. The second kappa shape index (κ2) is 5.68. The van der Waals surface area contributed by atoms with E-state index in [9.17, 15) is 35.5 Å². The molecule has 0 saturated heterocycles. The van der Waals surface area contributed by atoms with Gasteiger partial charge in [-0.15, -0.1) is 0 Å². The van der Waals surface area contributed by atoms with Gasteiger partial charge in [0.1, 0.15) is 5.75 Å². The maximum absolute atomic E-state index is 12.6. The van der Waals surface area contributed by atoms with E-state index in [1.165, 1.54) is 0 Å². The summed E-state index contributed by atoms with van der Waals surface area (Å²) in [6.45, 7) is -2.66. The third kappa shape index (κ3) is 3.61. The Hall–Kier alpha value is -1.80. The second-order valence-electron chi connectivity index (χ2n) is 3.67. The third-order valence-corrected chi connectivity index (χ3v) is 2.29. The normalized spacial score (nSPS) is 12.1. The molecule has 0 atom stereocenters. The molecule has 0 radical (unpaired) electrons. The van der Waals surface area contributed by atoms with E-state index in [0.717, 1.165) is 6.92 Å². The number of carbonyl (C=O) groups is 1. The van der Waals surface area contributed by atoms with E-state index >= 15 is 0 Å². The Labute approximate surface area is 108 Å². The van der Waals surface area contributed by atoms with E-state index in [-0.39, 0.29) is 12.1 Å². The molecule has 0 spiro atoms. The van der Waals surface area contributed by atoms with Crippen LogP contribution in [0, 0.1) is 0 Å². The van der Waals surface area contributed by atoms with Crippen LogP contribution in [0.1, 0.15) is 34.8 Å². The molecule has 2 nitrogen and oxygen atoms in total. The van der Waals surface area contributed by atoms with Gasteiger partial charge in [0.15, 0.2) is 5.78 Å². The predicted octanol–water partition coefficient (Wildman–Crippen LogP) is 4.45. The number of Topliss-reactive ketones (excluding diaryl/α,β-unsaturated/α-hetero) is 1. The summed E-state index contributed by atoms with van der Waals surface area (Å²) < 4.78 is 90.9. The molecule has 0 saturated carbocycles. The molecule has 0 aliphatic heterocycles. The molecule has 0 N–H and O–H groups in total. The van der Waals surface area contributed by atoms with Crippen molar-refractivity contribution in [3.63, 3.8) is 0 Å². The second-order valence-corrected chi connectivity index (χ2v) is 3.67. The van der Waals surface area contributed by atoms with E-state index in [0.29, 0.717) is 0 Å². The lowest BCUT2D eigenvalue weighted by Crippen LogP contribution is -2.14. The van der Waals surface area contributed by atoms with Gasteiger partial charge < -0.3 is 4.74 Å². The molecule has 1 aromatic rings. The Bertz CT molecular complexity index is 508. The minimum atomic E-state index is -5.19. The standard InChI is InChI=1S/C11H7F7O2/c1-4(19)5-2-6(9(12)13)7(11(16,17)18)3-8(5)20-10(14)15/h2-3,9-10H,1H3. The zero-order valence-electron chi connectivity index (χ0n) is 9.77. The fourth-order valence-corrected chi connectivity index (χ4v) is 1.49. The van der Waals surface area contributed by atoms with Crippen LogP contribution < -0.4 is 4.74 Å². The Balaban J connectivity index is 3.56. The molecule has 0 unspecified atom stereocenters. The summed E-state index contributed by atoms with van der Waals surface area (Å²) in [5.74, 6) is -2.07. The molecule has 0 heterocycles. The average Bonchev–Trinajstić information content (AvgIpc) is 2.25. The van der Waals surface area contributed by atoms with Gasteiger partial charge in [-0.25, -0.2) is 8.78 Å². The zero-order valence-corrected chi connectivity index (χ0v) is 9.77. The van der Waals surface area contributed by atoms with Crippen molar-refractivity contribution < 1.29 is 40.3 Å². The van der Waals surface area contributed by atoms with Gasteiger partial charge in [-0.05, 0) is 19.1 Å². The van der Waals surface area contributed by atoms with Crippen molar-refractivity contribution in [2.45, 2.75) is 26.1 Å². The largest absolute Gasteiger partial charge is 0.434 e. The summed E-state index contributed by atoms with van der Waals surface area (Å²) in [6.07, 6.45) is -8.72. The first-order valence-corrected chi connectivity index (χ1v) is 5.03. The smallest absolute Gasteiger partial charge is 0.417 e. The Kier molecular flexibility index (Phi) is 4.61. The maximum atomic E-state index is 12.6. The summed E-state index contributed by atoms with van der Waals surface area (Å²) in [5.41, 5.74) is -4.06. The number of alkyl halides is 7. The lowest BCUT2D eigenvalue weighted by Gasteiger charge is -2.17. The van der Waals surface area contributed by atoms with Crippen LogP contribution in [-0.2, 0) is 6.18 Å². The molecule has 9 heteroatoms. The van der Waals surface area contributed by atoms with Crippen LogP contribution in [0.5, 0.6) is 5.75 Å². The van der Waals surface area contributed by atoms with E-state index in [4.69, 9.17) is 0 Å². The van der Waals surface area contributed by atoms with Crippen LogP contribution in [0.15, 0.2) is 12.1 Å². The highest BCUT2D eigenvalue weighted by Crippen LogP contribution is 2.40. The topological polar surface area (TPSA) is 26.3 Å². The number of ether oxygens (including phenoxy) is 1. The van der Waals surface area contributed by atoms with Gasteiger partial charge >= 0.3 is 12.8 Å². The molecule has 0 fully saturated rings. The number of rotatable bonds is 4. The minimum absolute atomic E-state index is 0.0234. The summed E-state index contributed by atoms with van der Waals surface area (Å²) in [6, 6.07) is 0.192. The first-order valence-electron chi connectivity index (χ1n) is 5.03. The van der Waals surface area contributed by atoms with Crippen LogP contribution in [-0.4, -0.2) is 12.4 Å². The van der Waals surface area contributed by atoms with Crippen LogP contribution in [0.4, 0.5) is 30.7 Å². The molecule has 20 heavy (non-hydrogen) atoms. The average molecular weight is 304 g/mol. The quantitative estimate of drug-likeness (QED) is 0.607. The van der Waals surface area contributed by atoms with Crippen molar-refractivity contribution in [1.82, 2.24) is 0 Å². The minimum Gasteiger partial charge on any atom is -0.434 e. The molecule has 1 rings (SSSR count). The lowest BCUT2D eigenvalue weighted by molar-refractivity contribution is -0.140. The highest BCUT2D eigenvalue weighted by atomic mass is 19.4. The molecular formula is C11H7F7O2. The van der Waals surface area contributed by atoms with Crippen molar-refractivity contribution in [2.24, 2.45) is 0 Å². The van der Waals surface area contributed by atoms with E-state index in [1.807, 2.05) is 0 Å². The molecule has 0 aliphatic carbocycles. The van der Waals surface area contributed by atoms with Crippen LogP contribution in [0.25, 0.3) is 0 Å². The van der Waals surface area contributed by atoms with Crippen molar-refractivity contribution in [3.05, 3.63) is 28.8 Å². The zero-order chi connectivity index (χ0) is 15.7. The Morgan fingerprint density at radius 2 is 1.70 bits per heavy atom. The molecule has 0 aliphatic rings. The van der Waals surface area contributed by atoms with E-state index in [1.54, 1.807) is 0 Å². The number of hydrogen-bond donors (Lipinski definition) is 0. The van der Waals surface area contributed by atoms with Gasteiger partial charge in [0.2, 0.25) is 0 Å². The number of halogens is 7. The number of hydrogen-bond acceptors (Lipinski definition) is 2. The van der Waals surface area contributed by atoms with Crippen molar-refractivity contribution in [3.8, 4) is 5.75 Å². The van der Waals surface area contributed by atoms with Crippen molar-refractivity contribution >= 4 is 5.78 Å². The molecular weight excluding hydrogens is 297 g/mol. The SMILES string of the molecule is CC(=O)c1cc(C(F)F)c(C(F)(F)F)cc1OC(F)F. The number of carbonyl (C=O) groups excluding carboxylic acids is 1. The van der Waals surface area contributed by atoms with Crippen molar-refractivity contribution in [1.29, 1.82) is 0 Å². The molecule has 1 aromatic carbocycles. The van der Waals surface area contributed by atoms with Gasteiger partial charge in [-0.1, -0.05) is 0 Å². The fourth-order valence-electron chi connectivity index (χ4n) is 1.49. The summed E-state index contributed by atoms with van der Waals surface area (Å²) >= 11 is 0. The number of ketones is 1. The maximum Gasteiger partial charge on any atom is 0.417 e. The first kappa shape index (κ1) is 16.3. The van der Waals surface area contributed by atoms with Gasteiger partial charge in [0.25, 0.3) is 6.43 Å². The summed E-state index contributed by atoms with van der Waals surface area (Å²) in [5, 5.41) is 0. The van der Waals surface area contributed by atoms with Gasteiger partial charge in [0.05, 0.1) is 11.1 Å². The monoisotopic (exact) mass is 304 g/mol. The van der Waals surface area contributed by atoms with Gasteiger partial charge in [0, 0.05) is 5.56 Å². The van der Waals surface area contributed by atoms with Gasteiger partial charge in [-0.3, -0.25) is 4.79 Å². The molecule has 112 valence electrons. The Morgan fingerprint density at radius 1 is 1.15 bits per heavy atom. The molecule has 0 amide bonds. The number of benzene rings is 1. The first-order chi connectivity index (χ1) is 9.04. The molecule has 0 bridgehead atoms. The molecule has 0 aromatic heterocycles. The fraction of sp³-hybridized carbons (Fsp3) is 0.364. The highest BCUT2D eigenvalue weighted by molar-refractivity contribution is 5.97. The highest BCUT2D eigenvalue weighted by Gasteiger charge is 2.37.